The summed E-state index contributed by atoms with van der Waals surface area (Å²) in [4.78, 5) is 12.5. The maximum absolute atomic E-state index is 13.9. The normalized spacial score (nSPS) is 10.9. The molecule has 2 heterocycles. The minimum atomic E-state index is -0.316. The van der Waals surface area contributed by atoms with Crippen molar-refractivity contribution >= 4 is 23.5 Å². The first-order valence-electron chi connectivity index (χ1n) is 9.56. The molecule has 4 rings (SSSR count). The topological polar surface area (TPSA) is 90.5 Å². The summed E-state index contributed by atoms with van der Waals surface area (Å²) in [6, 6.07) is 14.0. The summed E-state index contributed by atoms with van der Waals surface area (Å²) in [5.74, 6) is 0.0405. The molecule has 1 N–H and O–H groups in total. The van der Waals surface area contributed by atoms with E-state index in [-0.39, 0.29) is 24.0 Å². The molecule has 4 aromatic rings. The summed E-state index contributed by atoms with van der Waals surface area (Å²) in [6.45, 7) is 4.24. The van der Waals surface area contributed by atoms with Crippen LogP contribution in [0.15, 0.2) is 59.9 Å². The van der Waals surface area contributed by atoms with Crippen LogP contribution < -0.4 is 5.32 Å². The van der Waals surface area contributed by atoms with Crippen LogP contribution in [0.1, 0.15) is 16.7 Å². The van der Waals surface area contributed by atoms with Crippen molar-refractivity contribution in [1.82, 2.24) is 30.0 Å². The Morgan fingerprint density at radius 2 is 1.97 bits per heavy atom. The number of carbonyl (C=O) groups is 1. The third kappa shape index (κ3) is 4.64. The van der Waals surface area contributed by atoms with Crippen LogP contribution in [-0.4, -0.2) is 41.6 Å². The number of halogens is 1. The standard InChI is InChI=1S/C21H20FN7OS/c1-14-6-5-9-18(15(14)2)29-21(25-26-27-29)31-13-20(30)24-19-10-11-23-28(19)12-16-7-3-4-8-17(16)22/h3-11H,12-13H2,1-2H3,(H,24,30). The van der Waals surface area contributed by atoms with Gasteiger partial charge in [-0.1, -0.05) is 42.1 Å². The first-order valence-corrected chi connectivity index (χ1v) is 10.5. The van der Waals surface area contributed by atoms with Gasteiger partial charge in [-0.15, -0.1) is 5.10 Å². The Morgan fingerprint density at radius 1 is 1.13 bits per heavy atom. The minimum Gasteiger partial charge on any atom is -0.310 e. The van der Waals surface area contributed by atoms with Gasteiger partial charge in [-0.2, -0.15) is 9.78 Å². The van der Waals surface area contributed by atoms with E-state index in [4.69, 9.17) is 0 Å². The van der Waals surface area contributed by atoms with E-state index < -0.39 is 0 Å². The molecule has 1 amide bonds. The lowest BCUT2D eigenvalue weighted by Crippen LogP contribution is -2.18. The zero-order chi connectivity index (χ0) is 21.8. The Bertz CT molecular complexity index is 1220. The fraction of sp³-hybridized carbons (Fsp3) is 0.190. The van der Waals surface area contributed by atoms with Crippen LogP contribution in [-0.2, 0) is 11.3 Å². The smallest absolute Gasteiger partial charge is 0.235 e. The van der Waals surface area contributed by atoms with E-state index >= 15 is 0 Å². The van der Waals surface area contributed by atoms with Crippen LogP contribution in [0.3, 0.4) is 0 Å². The molecule has 31 heavy (non-hydrogen) atoms. The van der Waals surface area contributed by atoms with Gasteiger partial charge in [-0.25, -0.2) is 9.07 Å². The zero-order valence-corrected chi connectivity index (χ0v) is 17.8. The van der Waals surface area contributed by atoms with Gasteiger partial charge in [0.2, 0.25) is 11.1 Å². The monoisotopic (exact) mass is 437 g/mol. The summed E-state index contributed by atoms with van der Waals surface area (Å²) < 4.78 is 17.1. The van der Waals surface area contributed by atoms with Crippen LogP contribution in [0, 0.1) is 19.7 Å². The molecule has 0 saturated carbocycles. The lowest BCUT2D eigenvalue weighted by Gasteiger charge is -2.11. The number of amides is 1. The lowest BCUT2D eigenvalue weighted by molar-refractivity contribution is -0.113. The molecule has 0 aliphatic rings. The summed E-state index contributed by atoms with van der Waals surface area (Å²) in [5, 5.41) is 19.4. The summed E-state index contributed by atoms with van der Waals surface area (Å²) in [6.07, 6.45) is 1.56. The summed E-state index contributed by atoms with van der Waals surface area (Å²) in [7, 11) is 0. The number of tetrazole rings is 1. The number of aromatic nitrogens is 6. The van der Waals surface area contributed by atoms with Gasteiger partial charge in [0.25, 0.3) is 0 Å². The van der Waals surface area contributed by atoms with Crippen LogP contribution in [0.4, 0.5) is 10.2 Å². The first-order chi connectivity index (χ1) is 15.0. The molecule has 2 aromatic carbocycles. The maximum atomic E-state index is 13.9. The van der Waals surface area contributed by atoms with Crippen molar-refractivity contribution in [2.75, 3.05) is 11.1 Å². The number of nitrogens with zero attached hydrogens (tertiary/aromatic N) is 6. The molecule has 0 bridgehead atoms. The highest BCUT2D eigenvalue weighted by atomic mass is 32.2. The van der Waals surface area contributed by atoms with E-state index in [1.165, 1.54) is 17.8 Å². The number of hydrogen-bond acceptors (Lipinski definition) is 6. The fourth-order valence-corrected chi connectivity index (χ4v) is 3.73. The van der Waals surface area contributed by atoms with Gasteiger partial charge in [0.1, 0.15) is 11.6 Å². The van der Waals surface area contributed by atoms with Crippen molar-refractivity contribution < 1.29 is 9.18 Å². The fourth-order valence-electron chi connectivity index (χ4n) is 3.05. The molecule has 0 spiro atoms. The number of thioether (sulfide) groups is 1. The average molecular weight is 438 g/mol. The van der Waals surface area contributed by atoms with Crippen molar-refractivity contribution in [3.8, 4) is 5.69 Å². The SMILES string of the molecule is Cc1cccc(-n2nnnc2SCC(=O)Nc2ccnn2Cc2ccccc2F)c1C. The predicted molar refractivity (Wildman–Crippen MR) is 116 cm³/mol. The summed E-state index contributed by atoms with van der Waals surface area (Å²) in [5.41, 5.74) is 3.56. The molecule has 8 nitrogen and oxygen atoms in total. The molecule has 0 radical (unpaired) electrons. The van der Waals surface area contributed by atoms with E-state index in [9.17, 15) is 9.18 Å². The molecule has 158 valence electrons. The third-order valence-electron chi connectivity index (χ3n) is 4.84. The van der Waals surface area contributed by atoms with E-state index in [0.717, 1.165) is 16.8 Å². The van der Waals surface area contributed by atoms with E-state index in [1.54, 1.807) is 39.8 Å². The molecule has 0 unspecified atom stereocenters. The van der Waals surface area contributed by atoms with Crippen LogP contribution >= 0.6 is 11.8 Å². The van der Waals surface area contributed by atoms with Gasteiger partial charge in [-0.05, 0) is 47.5 Å². The molecule has 10 heteroatoms. The highest BCUT2D eigenvalue weighted by molar-refractivity contribution is 7.99. The quantitative estimate of drug-likeness (QED) is 0.446. The molecule has 0 saturated heterocycles. The lowest BCUT2D eigenvalue weighted by atomic mass is 10.1. The van der Waals surface area contributed by atoms with Crippen molar-refractivity contribution in [2.24, 2.45) is 0 Å². The number of benzene rings is 2. The van der Waals surface area contributed by atoms with Gasteiger partial charge in [0, 0.05) is 11.6 Å². The maximum Gasteiger partial charge on any atom is 0.235 e. The summed E-state index contributed by atoms with van der Waals surface area (Å²) >= 11 is 1.23. The number of hydrogen-bond donors (Lipinski definition) is 1. The van der Waals surface area contributed by atoms with Crippen molar-refractivity contribution in [1.29, 1.82) is 0 Å². The van der Waals surface area contributed by atoms with Crippen LogP contribution in [0.25, 0.3) is 5.69 Å². The predicted octanol–water partition coefficient (Wildman–Crippen LogP) is 3.39. The molecular weight excluding hydrogens is 417 g/mol. The van der Waals surface area contributed by atoms with Crippen molar-refractivity contribution in [3.63, 3.8) is 0 Å². The Kier molecular flexibility index (Phi) is 6.08. The molecule has 0 fully saturated rings. The Balaban J connectivity index is 1.42. The molecular formula is C21H20FN7OS. The largest absolute Gasteiger partial charge is 0.310 e. The minimum absolute atomic E-state index is 0.107. The van der Waals surface area contributed by atoms with Gasteiger partial charge in [0.15, 0.2) is 0 Å². The zero-order valence-electron chi connectivity index (χ0n) is 17.0. The Labute approximate surface area is 182 Å². The second-order valence-corrected chi connectivity index (χ2v) is 7.84. The molecule has 0 atom stereocenters. The van der Waals surface area contributed by atoms with Crippen molar-refractivity contribution in [2.45, 2.75) is 25.5 Å². The van der Waals surface area contributed by atoms with Crippen molar-refractivity contribution in [3.05, 3.63) is 77.2 Å². The van der Waals surface area contributed by atoms with Gasteiger partial charge < -0.3 is 5.32 Å². The van der Waals surface area contributed by atoms with Crippen LogP contribution in [0.5, 0.6) is 0 Å². The van der Waals surface area contributed by atoms with Gasteiger partial charge >= 0.3 is 0 Å². The molecule has 0 aliphatic heterocycles. The Morgan fingerprint density at radius 3 is 2.81 bits per heavy atom. The Hall–Kier alpha value is -3.53. The van der Waals surface area contributed by atoms with E-state index in [2.05, 4.69) is 25.9 Å². The van der Waals surface area contributed by atoms with Crippen LogP contribution in [0.2, 0.25) is 0 Å². The van der Waals surface area contributed by atoms with E-state index in [1.807, 2.05) is 32.0 Å². The number of nitrogens with one attached hydrogen (secondary N) is 1. The average Bonchev–Trinajstić information content (AvgIpc) is 3.40. The second-order valence-electron chi connectivity index (χ2n) is 6.89. The highest BCUT2D eigenvalue weighted by Crippen LogP contribution is 2.22. The third-order valence-corrected chi connectivity index (χ3v) is 5.76. The highest BCUT2D eigenvalue weighted by Gasteiger charge is 2.15. The van der Waals surface area contributed by atoms with Gasteiger partial charge in [-0.3, -0.25) is 4.79 Å². The van der Waals surface area contributed by atoms with Gasteiger partial charge in [0.05, 0.1) is 24.2 Å². The first kappa shape index (κ1) is 20.7. The molecule has 2 aromatic heterocycles. The number of carbonyl (C=O) groups excluding carboxylic acids is 1. The number of anilines is 1. The number of aryl methyl sites for hydroxylation is 1. The van der Waals surface area contributed by atoms with E-state index in [0.29, 0.717) is 16.5 Å². The second kappa shape index (κ2) is 9.09. The number of rotatable bonds is 7. The molecule has 0 aliphatic carbocycles.